The maximum absolute atomic E-state index is 12.5. The summed E-state index contributed by atoms with van der Waals surface area (Å²) in [5.74, 6) is 0.208. The zero-order valence-electron chi connectivity index (χ0n) is 13.1. The van der Waals surface area contributed by atoms with E-state index in [-0.39, 0.29) is 10.6 Å². The summed E-state index contributed by atoms with van der Waals surface area (Å²) >= 11 is 1.18. The number of nitrogens with two attached hydrogens (primary N) is 1. The normalized spacial score (nSPS) is 11.0. The van der Waals surface area contributed by atoms with Gasteiger partial charge in [0.1, 0.15) is 5.75 Å². The van der Waals surface area contributed by atoms with E-state index in [1.165, 1.54) is 23.9 Å². The van der Waals surface area contributed by atoms with Crippen molar-refractivity contribution in [1.82, 2.24) is 0 Å². The molecule has 0 spiro atoms. The highest BCUT2D eigenvalue weighted by Crippen LogP contribution is 2.29. The molecule has 0 aliphatic heterocycles. The summed E-state index contributed by atoms with van der Waals surface area (Å²) in [6.07, 6.45) is 0. The predicted octanol–water partition coefficient (Wildman–Crippen LogP) is 2.46. The number of hydrogen-bond donors (Lipinski definition) is 2. The Kier molecular flexibility index (Phi) is 6.10. The van der Waals surface area contributed by atoms with Gasteiger partial charge in [-0.05, 0) is 43.3 Å². The number of anilines is 1. The molecule has 1 amide bonds. The highest BCUT2D eigenvalue weighted by atomic mass is 32.2. The van der Waals surface area contributed by atoms with Crippen LogP contribution < -0.4 is 15.2 Å². The minimum Gasteiger partial charge on any atom is -0.494 e. The Hall–Kier alpha value is -2.19. The van der Waals surface area contributed by atoms with Gasteiger partial charge in [-0.3, -0.25) is 9.52 Å². The van der Waals surface area contributed by atoms with Gasteiger partial charge < -0.3 is 10.5 Å². The van der Waals surface area contributed by atoms with Crippen molar-refractivity contribution in [1.29, 1.82) is 0 Å². The first-order valence-corrected chi connectivity index (χ1v) is 9.65. The number of hydrogen-bond acceptors (Lipinski definition) is 5. The number of ether oxygens (including phenoxy) is 1. The van der Waals surface area contributed by atoms with Gasteiger partial charge in [0.15, 0.2) is 0 Å². The molecule has 0 aliphatic carbocycles. The van der Waals surface area contributed by atoms with Crippen LogP contribution in [0.3, 0.4) is 0 Å². The second-order valence-electron chi connectivity index (χ2n) is 4.76. The molecule has 0 saturated carbocycles. The number of rotatable bonds is 8. The first-order valence-electron chi connectivity index (χ1n) is 7.18. The topological polar surface area (TPSA) is 98.5 Å². The van der Waals surface area contributed by atoms with E-state index in [1.54, 1.807) is 36.4 Å². The summed E-state index contributed by atoms with van der Waals surface area (Å²) in [5.41, 5.74) is 5.54. The van der Waals surface area contributed by atoms with E-state index in [0.29, 0.717) is 22.9 Å². The van der Waals surface area contributed by atoms with Gasteiger partial charge in [-0.1, -0.05) is 12.1 Å². The Morgan fingerprint density at radius 1 is 1.17 bits per heavy atom. The number of nitrogens with one attached hydrogen (secondary N) is 1. The molecule has 8 heteroatoms. The third-order valence-electron chi connectivity index (χ3n) is 2.95. The maximum Gasteiger partial charge on any atom is 0.261 e. The Balaban J connectivity index is 2.21. The molecule has 0 bridgehead atoms. The molecule has 0 radical (unpaired) electrons. The molecule has 2 aromatic rings. The third kappa shape index (κ3) is 4.90. The van der Waals surface area contributed by atoms with E-state index in [9.17, 15) is 13.2 Å². The van der Waals surface area contributed by atoms with Crippen molar-refractivity contribution < 1.29 is 17.9 Å². The lowest BCUT2D eigenvalue weighted by Gasteiger charge is -2.12. The maximum atomic E-state index is 12.5. The molecule has 6 nitrogen and oxygen atoms in total. The van der Waals surface area contributed by atoms with Crippen LogP contribution in [0.5, 0.6) is 5.75 Å². The van der Waals surface area contributed by atoms with Crippen molar-refractivity contribution in [2.45, 2.75) is 16.7 Å². The molecular formula is C16H18N2O4S2. The molecule has 0 unspecified atom stereocenters. The first kappa shape index (κ1) is 18.2. The van der Waals surface area contributed by atoms with Crippen LogP contribution in [-0.2, 0) is 14.8 Å². The number of amides is 1. The number of carbonyl (C=O) groups is 1. The van der Waals surface area contributed by atoms with Gasteiger partial charge in [-0.15, -0.1) is 11.8 Å². The molecule has 0 aromatic heterocycles. The lowest BCUT2D eigenvalue weighted by molar-refractivity contribution is -0.115. The van der Waals surface area contributed by atoms with E-state index in [0.717, 1.165) is 0 Å². The minimum absolute atomic E-state index is 0.0712. The van der Waals surface area contributed by atoms with Crippen molar-refractivity contribution in [3.63, 3.8) is 0 Å². The summed E-state index contributed by atoms with van der Waals surface area (Å²) in [5, 5.41) is 0. The molecule has 3 N–H and O–H groups in total. The lowest BCUT2D eigenvalue weighted by atomic mass is 10.3. The minimum atomic E-state index is -3.74. The molecule has 0 heterocycles. The number of primary amides is 1. The zero-order chi connectivity index (χ0) is 17.6. The van der Waals surface area contributed by atoms with E-state index in [2.05, 4.69) is 4.72 Å². The zero-order valence-corrected chi connectivity index (χ0v) is 14.7. The number of thioether (sulfide) groups is 1. The van der Waals surface area contributed by atoms with Gasteiger partial charge in [-0.2, -0.15) is 0 Å². The van der Waals surface area contributed by atoms with Gasteiger partial charge in [0.2, 0.25) is 5.91 Å². The van der Waals surface area contributed by atoms with Crippen LogP contribution in [0.15, 0.2) is 58.3 Å². The fourth-order valence-electron chi connectivity index (χ4n) is 1.91. The fourth-order valence-corrected chi connectivity index (χ4v) is 3.80. The Bertz CT molecular complexity index is 805. The van der Waals surface area contributed by atoms with Crippen LogP contribution in [0.2, 0.25) is 0 Å². The van der Waals surface area contributed by atoms with Crippen molar-refractivity contribution in [3.05, 3.63) is 48.5 Å². The average Bonchev–Trinajstić information content (AvgIpc) is 2.54. The number of para-hydroxylation sites is 1. The molecule has 0 saturated heterocycles. The van der Waals surface area contributed by atoms with Crippen LogP contribution in [0.25, 0.3) is 0 Å². The van der Waals surface area contributed by atoms with Gasteiger partial charge in [0.25, 0.3) is 10.0 Å². The number of sulfonamides is 1. The number of carbonyl (C=O) groups excluding carboxylic acids is 1. The highest BCUT2D eigenvalue weighted by Gasteiger charge is 2.16. The van der Waals surface area contributed by atoms with Crippen molar-refractivity contribution in [2.75, 3.05) is 17.1 Å². The number of benzene rings is 2. The van der Waals surface area contributed by atoms with E-state index in [4.69, 9.17) is 10.5 Å². The van der Waals surface area contributed by atoms with Gasteiger partial charge in [-0.25, -0.2) is 8.42 Å². The van der Waals surface area contributed by atoms with E-state index < -0.39 is 15.9 Å². The fraction of sp³-hybridized carbons (Fsp3) is 0.188. The Morgan fingerprint density at radius 3 is 2.46 bits per heavy atom. The van der Waals surface area contributed by atoms with Crippen LogP contribution in [-0.4, -0.2) is 26.7 Å². The SMILES string of the molecule is CCOc1ccc(S(=O)(=O)Nc2ccccc2SCC(N)=O)cc1. The van der Waals surface area contributed by atoms with E-state index in [1.807, 2.05) is 6.92 Å². The first-order chi connectivity index (χ1) is 11.4. The molecule has 128 valence electrons. The molecule has 0 aliphatic rings. The van der Waals surface area contributed by atoms with Gasteiger partial charge in [0, 0.05) is 4.90 Å². The van der Waals surface area contributed by atoms with Crippen molar-refractivity contribution >= 4 is 33.4 Å². The van der Waals surface area contributed by atoms with Crippen LogP contribution in [0.1, 0.15) is 6.92 Å². The second-order valence-corrected chi connectivity index (χ2v) is 7.46. The quantitative estimate of drug-likeness (QED) is 0.699. The summed E-state index contributed by atoms with van der Waals surface area (Å²) in [4.78, 5) is 11.7. The summed E-state index contributed by atoms with van der Waals surface area (Å²) in [6, 6.07) is 13.0. The highest BCUT2D eigenvalue weighted by molar-refractivity contribution is 8.00. The van der Waals surface area contributed by atoms with Crippen LogP contribution in [0.4, 0.5) is 5.69 Å². The largest absolute Gasteiger partial charge is 0.494 e. The standard InChI is InChI=1S/C16H18N2O4S2/c1-2-22-12-7-9-13(10-8-12)24(20,21)18-14-5-3-4-6-15(14)23-11-16(17)19/h3-10,18H,2,11H2,1H3,(H2,17,19). The van der Waals surface area contributed by atoms with Gasteiger partial charge >= 0.3 is 0 Å². The molecule has 2 rings (SSSR count). The molecule has 24 heavy (non-hydrogen) atoms. The van der Waals surface area contributed by atoms with E-state index >= 15 is 0 Å². The monoisotopic (exact) mass is 366 g/mol. The lowest BCUT2D eigenvalue weighted by Crippen LogP contribution is -2.15. The molecular weight excluding hydrogens is 348 g/mol. The van der Waals surface area contributed by atoms with Crippen molar-refractivity contribution in [3.8, 4) is 5.75 Å². The Labute approximate surface area is 145 Å². The third-order valence-corrected chi connectivity index (χ3v) is 5.42. The summed E-state index contributed by atoms with van der Waals surface area (Å²) < 4.78 is 32.9. The van der Waals surface area contributed by atoms with Crippen molar-refractivity contribution in [2.24, 2.45) is 5.73 Å². The molecule has 0 atom stereocenters. The summed E-state index contributed by atoms with van der Waals surface area (Å²) in [7, 11) is -3.74. The average molecular weight is 366 g/mol. The van der Waals surface area contributed by atoms with Crippen LogP contribution >= 0.6 is 11.8 Å². The van der Waals surface area contributed by atoms with Crippen LogP contribution in [0, 0.1) is 0 Å². The van der Waals surface area contributed by atoms with Gasteiger partial charge in [0.05, 0.1) is 22.9 Å². The Morgan fingerprint density at radius 2 is 1.83 bits per heavy atom. The predicted molar refractivity (Wildman–Crippen MR) is 94.8 cm³/mol. The smallest absolute Gasteiger partial charge is 0.261 e. The summed E-state index contributed by atoms with van der Waals surface area (Å²) in [6.45, 7) is 2.36. The second kappa shape index (κ2) is 8.07. The molecule has 0 fully saturated rings. The molecule has 2 aromatic carbocycles.